The van der Waals surface area contributed by atoms with Gasteiger partial charge in [0, 0.05) is 36.4 Å². The summed E-state index contributed by atoms with van der Waals surface area (Å²) in [5, 5.41) is 0.864. The number of benzene rings is 1. The van der Waals surface area contributed by atoms with Gasteiger partial charge in [-0.3, -0.25) is 4.79 Å². The van der Waals surface area contributed by atoms with E-state index in [1.165, 1.54) is 12.8 Å². The van der Waals surface area contributed by atoms with E-state index in [4.69, 9.17) is 11.6 Å². The second-order valence-electron chi connectivity index (χ2n) is 9.93. The molecule has 0 amide bonds. The number of hydrogen-bond acceptors (Lipinski definition) is 3. The van der Waals surface area contributed by atoms with Gasteiger partial charge >= 0.3 is 5.97 Å². The summed E-state index contributed by atoms with van der Waals surface area (Å²) in [5.74, 6) is 0.284. The molecular formula is C32H48N2O2. The zero-order valence-corrected chi connectivity index (χ0v) is 22.1. The standard InChI is InChI=1S/C32H48N2O2/c1-3-4-5-6-7-8-9-10-11-12-13-14-15-16-17-23-31(35)36-30-22-18-21-29-32(30)27(26-33-29)25-28-20-19-24-34(28)2/h7-8,10-11,18,21-22,26,28,33H,3-6,9,12-17,19-20,23-25H2,1-2H3/b8-7-,11-10-/t28-/m1/s1/i2D3,9D2. The van der Waals surface area contributed by atoms with E-state index >= 15 is 0 Å². The van der Waals surface area contributed by atoms with E-state index in [-0.39, 0.29) is 12.0 Å². The van der Waals surface area contributed by atoms with E-state index < -0.39 is 13.3 Å². The van der Waals surface area contributed by atoms with E-state index in [9.17, 15) is 4.79 Å². The van der Waals surface area contributed by atoms with Crippen molar-refractivity contribution in [2.75, 3.05) is 13.5 Å². The van der Waals surface area contributed by atoms with Crippen LogP contribution in [0, 0.1) is 0 Å². The van der Waals surface area contributed by atoms with Crippen LogP contribution in [0.1, 0.15) is 109 Å². The number of carbonyl (C=O) groups is 1. The lowest BCUT2D eigenvalue weighted by Gasteiger charge is -2.19. The maximum absolute atomic E-state index is 12.6. The first-order valence-corrected chi connectivity index (χ1v) is 14.0. The van der Waals surface area contributed by atoms with Crippen molar-refractivity contribution in [3.05, 3.63) is 54.3 Å². The average Bonchev–Trinajstić information content (AvgIpc) is 3.56. The van der Waals surface area contributed by atoms with Gasteiger partial charge in [0.25, 0.3) is 0 Å². The van der Waals surface area contributed by atoms with Crippen molar-refractivity contribution in [3.8, 4) is 5.75 Å². The van der Waals surface area contributed by atoms with Crippen molar-refractivity contribution in [3.63, 3.8) is 0 Å². The van der Waals surface area contributed by atoms with Crippen molar-refractivity contribution in [2.45, 2.75) is 109 Å². The molecular weight excluding hydrogens is 444 g/mol. The summed E-state index contributed by atoms with van der Waals surface area (Å²) in [7, 11) is 0. The zero-order valence-electron chi connectivity index (χ0n) is 27.1. The molecule has 3 rings (SSSR count). The van der Waals surface area contributed by atoms with Gasteiger partial charge in [0.15, 0.2) is 0 Å². The molecule has 1 aromatic heterocycles. The van der Waals surface area contributed by atoms with Gasteiger partial charge < -0.3 is 14.6 Å². The Labute approximate surface area is 226 Å². The number of aromatic nitrogens is 1. The number of aromatic amines is 1. The molecule has 0 radical (unpaired) electrons. The summed E-state index contributed by atoms with van der Waals surface area (Å²) < 4.78 is 45.4. The highest BCUT2D eigenvalue weighted by atomic mass is 16.5. The largest absolute Gasteiger partial charge is 0.426 e. The second kappa shape index (κ2) is 16.4. The van der Waals surface area contributed by atoms with Crippen LogP contribution in [-0.2, 0) is 11.2 Å². The van der Waals surface area contributed by atoms with Gasteiger partial charge in [-0.15, -0.1) is 0 Å². The van der Waals surface area contributed by atoms with Crippen LogP contribution in [0.3, 0.4) is 0 Å². The normalized spacial score (nSPS) is 19.5. The van der Waals surface area contributed by atoms with E-state index in [0.29, 0.717) is 25.1 Å². The van der Waals surface area contributed by atoms with Crippen LogP contribution >= 0.6 is 0 Å². The third-order valence-electron chi connectivity index (χ3n) is 6.96. The van der Waals surface area contributed by atoms with E-state index in [1.807, 2.05) is 36.5 Å². The van der Waals surface area contributed by atoms with E-state index in [0.717, 1.165) is 80.7 Å². The maximum atomic E-state index is 12.6. The van der Waals surface area contributed by atoms with Crippen LogP contribution in [0.2, 0.25) is 0 Å². The molecule has 2 aromatic rings. The minimum atomic E-state index is -2.10. The molecule has 0 unspecified atom stereocenters. The smallest absolute Gasteiger partial charge is 0.311 e. The number of esters is 1. The average molecular weight is 498 g/mol. The molecule has 4 heteroatoms. The molecule has 198 valence electrons. The van der Waals surface area contributed by atoms with Crippen molar-refractivity contribution in [1.29, 1.82) is 0 Å². The predicted octanol–water partition coefficient (Wildman–Crippen LogP) is 8.52. The Morgan fingerprint density at radius 2 is 1.89 bits per heavy atom. The number of ether oxygens (including phenoxy) is 1. The van der Waals surface area contributed by atoms with Gasteiger partial charge in [0.05, 0.1) is 0 Å². The quantitative estimate of drug-likeness (QED) is 0.103. The van der Waals surface area contributed by atoms with Crippen molar-refractivity contribution < 1.29 is 16.4 Å². The molecule has 4 nitrogen and oxygen atoms in total. The highest BCUT2D eigenvalue weighted by Crippen LogP contribution is 2.32. The molecule has 0 aliphatic carbocycles. The molecule has 1 atom stereocenters. The first-order chi connectivity index (χ1) is 19.6. The fraction of sp³-hybridized carbons (Fsp3) is 0.594. The van der Waals surface area contributed by atoms with Gasteiger partial charge in [-0.1, -0.05) is 69.4 Å². The van der Waals surface area contributed by atoms with Gasteiger partial charge in [-0.2, -0.15) is 0 Å². The number of allylic oxidation sites excluding steroid dienone is 4. The minimum Gasteiger partial charge on any atom is -0.426 e. The Kier molecular flexibility index (Phi) is 9.91. The third-order valence-corrected chi connectivity index (χ3v) is 6.96. The molecule has 36 heavy (non-hydrogen) atoms. The van der Waals surface area contributed by atoms with Crippen LogP contribution in [0.25, 0.3) is 10.9 Å². The number of nitrogens with one attached hydrogen (secondary N) is 1. The zero-order chi connectivity index (χ0) is 29.7. The highest BCUT2D eigenvalue weighted by Gasteiger charge is 2.23. The molecule has 1 fully saturated rings. The van der Waals surface area contributed by atoms with Crippen molar-refractivity contribution >= 4 is 16.9 Å². The molecule has 0 spiro atoms. The third kappa shape index (κ3) is 9.61. The Morgan fingerprint density at radius 1 is 1.11 bits per heavy atom. The Balaban J connectivity index is 1.37. The number of nitrogens with zero attached hydrogens (tertiary/aromatic N) is 1. The summed E-state index contributed by atoms with van der Waals surface area (Å²) in [6.45, 7) is 0.649. The van der Waals surface area contributed by atoms with E-state index in [1.54, 1.807) is 17.1 Å². The first kappa shape index (κ1) is 21.7. The summed E-state index contributed by atoms with van der Waals surface area (Å²) in [5.41, 5.74) is 1.86. The van der Waals surface area contributed by atoms with Gasteiger partial charge in [0.1, 0.15) is 5.75 Å². The monoisotopic (exact) mass is 497 g/mol. The fourth-order valence-corrected chi connectivity index (χ4v) is 4.87. The lowest BCUT2D eigenvalue weighted by atomic mass is 10.0. The molecule has 1 aliphatic rings. The highest BCUT2D eigenvalue weighted by molar-refractivity contribution is 5.91. The minimum absolute atomic E-state index is 0.0561. The number of likely N-dealkylation sites (N-methyl/N-ethyl adjacent to an activating group) is 1. The molecule has 2 heterocycles. The van der Waals surface area contributed by atoms with E-state index in [2.05, 4.69) is 11.9 Å². The van der Waals surface area contributed by atoms with Gasteiger partial charge in [-0.25, -0.2) is 0 Å². The Hall–Kier alpha value is -2.33. The molecule has 1 saturated heterocycles. The Bertz CT molecular complexity index is 1140. The molecule has 0 saturated carbocycles. The Morgan fingerprint density at radius 3 is 2.69 bits per heavy atom. The van der Waals surface area contributed by atoms with Crippen molar-refractivity contribution in [1.82, 2.24) is 9.88 Å². The SMILES string of the molecule is [2H]C([2H])(/C=C\CCCCC)/C=C\CCCCCCCC(=O)Oc1cccc2[nH]cc(C[C@H]3CCCN3C([2H])([2H])[2H])c12. The van der Waals surface area contributed by atoms with Crippen molar-refractivity contribution in [2.24, 2.45) is 0 Å². The lowest BCUT2D eigenvalue weighted by molar-refractivity contribution is -0.134. The lowest BCUT2D eigenvalue weighted by Crippen LogP contribution is -2.26. The molecule has 1 aliphatic heterocycles. The van der Waals surface area contributed by atoms with Crippen LogP contribution < -0.4 is 4.74 Å². The van der Waals surface area contributed by atoms with Crippen LogP contribution in [0.5, 0.6) is 5.75 Å². The van der Waals surface area contributed by atoms with Crippen LogP contribution in [0.15, 0.2) is 48.7 Å². The predicted molar refractivity (Wildman–Crippen MR) is 153 cm³/mol. The maximum Gasteiger partial charge on any atom is 0.311 e. The number of H-pyrrole nitrogens is 1. The summed E-state index contributed by atoms with van der Waals surface area (Å²) >= 11 is 0. The molecule has 1 aromatic carbocycles. The first-order valence-electron chi connectivity index (χ1n) is 16.5. The number of hydrogen-bond donors (Lipinski definition) is 1. The number of unbranched alkanes of at least 4 members (excludes halogenated alkanes) is 8. The van der Waals surface area contributed by atoms with Crippen LogP contribution in [-0.4, -0.2) is 35.4 Å². The molecule has 1 N–H and O–H groups in total. The summed E-state index contributed by atoms with van der Waals surface area (Å²) in [6, 6.07) is 5.56. The topological polar surface area (TPSA) is 45.3 Å². The fourth-order valence-electron chi connectivity index (χ4n) is 4.87. The second-order valence-corrected chi connectivity index (χ2v) is 9.93. The number of carbonyl (C=O) groups excluding carboxylic acids is 1. The van der Waals surface area contributed by atoms with Gasteiger partial charge in [0.2, 0.25) is 0 Å². The summed E-state index contributed by atoms with van der Waals surface area (Å²) in [4.78, 5) is 17.5. The van der Waals surface area contributed by atoms with Crippen LogP contribution in [0.4, 0.5) is 0 Å². The summed E-state index contributed by atoms with van der Waals surface area (Å²) in [6.07, 6.45) is 20.5. The number of likely N-dealkylation sites (tertiary alicyclic amines) is 1. The number of fused-ring (bicyclic) bond motifs is 1. The van der Waals surface area contributed by atoms with Gasteiger partial charge in [-0.05, 0) is 89.0 Å². The number of rotatable bonds is 17. The molecule has 0 bridgehead atoms.